The lowest BCUT2D eigenvalue weighted by atomic mass is 10.2. The van der Waals surface area contributed by atoms with Crippen molar-refractivity contribution in [3.05, 3.63) is 46.1 Å². The Labute approximate surface area is 170 Å². The van der Waals surface area contributed by atoms with Gasteiger partial charge in [-0.1, -0.05) is 19.4 Å². The maximum Gasteiger partial charge on any atom is 0.271 e. The zero-order valence-electron chi connectivity index (χ0n) is 16.8. The molecule has 154 valence electrons. The molecule has 2 aromatic rings. The van der Waals surface area contributed by atoms with E-state index in [0.717, 1.165) is 56.3 Å². The molecule has 2 aliphatic rings. The fourth-order valence-electron chi connectivity index (χ4n) is 3.70. The smallest absolute Gasteiger partial charge is 0.271 e. The summed E-state index contributed by atoms with van der Waals surface area (Å²) in [4.78, 5) is 22.3. The topological polar surface area (TPSA) is 96.2 Å². The Morgan fingerprint density at radius 3 is 2.86 bits per heavy atom. The van der Waals surface area contributed by atoms with Crippen LogP contribution in [-0.4, -0.2) is 40.6 Å². The summed E-state index contributed by atoms with van der Waals surface area (Å²) in [5.74, 6) is 2.29. The molecule has 1 unspecified atom stereocenters. The molecule has 1 saturated heterocycles. The SMILES string of the molecule is CCCc1cc(N2CCC(NCC3CC3)C2)nc(Nc2cccc([N+](=O)[O-])c2)n1. The number of hydrogen-bond donors (Lipinski definition) is 2. The van der Waals surface area contributed by atoms with Crippen molar-refractivity contribution >= 4 is 23.1 Å². The predicted octanol–water partition coefficient (Wildman–Crippen LogP) is 3.66. The molecule has 1 aromatic carbocycles. The van der Waals surface area contributed by atoms with Crippen LogP contribution in [0.1, 0.15) is 38.3 Å². The Morgan fingerprint density at radius 2 is 2.10 bits per heavy atom. The molecule has 1 atom stereocenters. The molecule has 8 heteroatoms. The van der Waals surface area contributed by atoms with Gasteiger partial charge in [0, 0.05) is 48.7 Å². The van der Waals surface area contributed by atoms with Gasteiger partial charge in [-0.25, -0.2) is 4.98 Å². The Morgan fingerprint density at radius 1 is 1.24 bits per heavy atom. The normalized spacial score (nSPS) is 18.8. The van der Waals surface area contributed by atoms with Gasteiger partial charge in [0.25, 0.3) is 5.69 Å². The third kappa shape index (κ3) is 5.20. The van der Waals surface area contributed by atoms with Crippen molar-refractivity contribution in [1.29, 1.82) is 0 Å². The second-order valence-corrected chi connectivity index (χ2v) is 8.01. The van der Waals surface area contributed by atoms with Crippen molar-refractivity contribution in [3.8, 4) is 0 Å². The minimum atomic E-state index is -0.399. The third-order valence-corrected chi connectivity index (χ3v) is 5.49. The van der Waals surface area contributed by atoms with Crippen LogP contribution < -0.4 is 15.5 Å². The summed E-state index contributed by atoms with van der Waals surface area (Å²) >= 11 is 0. The average molecular weight is 396 g/mol. The van der Waals surface area contributed by atoms with Crippen molar-refractivity contribution in [2.24, 2.45) is 5.92 Å². The van der Waals surface area contributed by atoms with Gasteiger partial charge in [-0.15, -0.1) is 0 Å². The van der Waals surface area contributed by atoms with E-state index >= 15 is 0 Å². The quantitative estimate of drug-likeness (QED) is 0.493. The van der Waals surface area contributed by atoms with Crippen LogP contribution in [0.3, 0.4) is 0 Å². The average Bonchev–Trinajstić information content (AvgIpc) is 3.42. The summed E-state index contributed by atoms with van der Waals surface area (Å²) in [7, 11) is 0. The first-order chi connectivity index (χ1) is 14.1. The monoisotopic (exact) mass is 396 g/mol. The highest BCUT2D eigenvalue weighted by atomic mass is 16.6. The predicted molar refractivity (Wildman–Crippen MR) is 114 cm³/mol. The fourth-order valence-corrected chi connectivity index (χ4v) is 3.70. The zero-order chi connectivity index (χ0) is 20.2. The first-order valence-corrected chi connectivity index (χ1v) is 10.5. The van der Waals surface area contributed by atoms with Crippen LogP contribution in [0.5, 0.6) is 0 Å². The number of nitrogens with zero attached hydrogens (tertiary/aromatic N) is 4. The molecule has 1 aliphatic carbocycles. The van der Waals surface area contributed by atoms with Gasteiger partial charge in [-0.3, -0.25) is 10.1 Å². The van der Waals surface area contributed by atoms with E-state index in [-0.39, 0.29) is 5.69 Å². The summed E-state index contributed by atoms with van der Waals surface area (Å²) in [5.41, 5.74) is 1.65. The lowest BCUT2D eigenvalue weighted by Gasteiger charge is -2.20. The molecule has 8 nitrogen and oxygen atoms in total. The lowest BCUT2D eigenvalue weighted by molar-refractivity contribution is -0.384. The molecule has 0 spiro atoms. The van der Waals surface area contributed by atoms with E-state index in [4.69, 9.17) is 4.98 Å². The summed E-state index contributed by atoms with van der Waals surface area (Å²) in [6.07, 6.45) is 5.72. The van der Waals surface area contributed by atoms with Crippen molar-refractivity contribution < 1.29 is 4.92 Å². The number of non-ortho nitro benzene ring substituents is 1. The number of rotatable bonds is 9. The van der Waals surface area contributed by atoms with Crippen LogP contribution in [-0.2, 0) is 6.42 Å². The van der Waals surface area contributed by atoms with Crippen LogP contribution in [0, 0.1) is 16.0 Å². The van der Waals surface area contributed by atoms with Gasteiger partial charge >= 0.3 is 0 Å². The van der Waals surface area contributed by atoms with Gasteiger partial charge < -0.3 is 15.5 Å². The van der Waals surface area contributed by atoms with Crippen LogP contribution in [0.25, 0.3) is 0 Å². The fraction of sp³-hybridized carbons (Fsp3) is 0.524. The van der Waals surface area contributed by atoms with Crippen molar-refractivity contribution in [2.45, 2.75) is 45.1 Å². The second kappa shape index (κ2) is 8.73. The summed E-state index contributed by atoms with van der Waals surface area (Å²) < 4.78 is 0. The number of nitrogens with one attached hydrogen (secondary N) is 2. The Bertz CT molecular complexity index is 870. The number of nitro benzene ring substituents is 1. The van der Waals surface area contributed by atoms with Crippen LogP contribution in [0.15, 0.2) is 30.3 Å². The van der Waals surface area contributed by atoms with E-state index < -0.39 is 4.92 Å². The van der Waals surface area contributed by atoms with Gasteiger partial charge in [-0.2, -0.15) is 4.98 Å². The number of benzene rings is 1. The Hall–Kier alpha value is -2.74. The Balaban J connectivity index is 1.49. The molecule has 2 heterocycles. The number of hydrogen-bond acceptors (Lipinski definition) is 7. The lowest BCUT2D eigenvalue weighted by Crippen LogP contribution is -2.34. The number of anilines is 3. The molecular weight excluding hydrogens is 368 g/mol. The molecule has 0 radical (unpaired) electrons. The molecule has 0 bridgehead atoms. The van der Waals surface area contributed by atoms with Crippen LogP contribution in [0.2, 0.25) is 0 Å². The van der Waals surface area contributed by atoms with E-state index in [9.17, 15) is 10.1 Å². The van der Waals surface area contributed by atoms with Gasteiger partial charge in [0.15, 0.2) is 0 Å². The summed E-state index contributed by atoms with van der Waals surface area (Å²) in [6.45, 7) is 5.18. The minimum Gasteiger partial charge on any atom is -0.355 e. The largest absolute Gasteiger partial charge is 0.355 e. The van der Waals surface area contributed by atoms with Gasteiger partial charge in [0.05, 0.1) is 4.92 Å². The minimum absolute atomic E-state index is 0.0454. The van der Waals surface area contributed by atoms with E-state index in [1.807, 2.05) is 0 Å². The summed E-state index contributed by atoms with van der Waals surface area (Å²) in [5, 5.41) is 17.9. The molecule has 0 amide bonds. The van der Waals surface area contributed by atoms with E-state index in [1.54, 1.807) is 12.1 Å². The van der Waals surface area contributed by atoms with E-state index in [2.05, 4.69) is 33.5 Å². The third-order valence-electron chi connectivity index (χ3n) is 5.49. The van der Waals surface area contributed by atoms with E-state index in [0.29, 0.717) is 17.7 Å². The van der Waals surface area contributed by atoms with Crippen LogP contribution in [0.4, 0.5) is 23.1 Å². The van der Waals surface area contributed by atoms with E-state index in [1.165, 1.54) is 25.0 Å². The molecular formula is C21H28N6O2. The standard InChI is InChI=1S/C21H28N6O2/c1-2-4-16-12-20(26-10-9-18(14-26)22-13-15-7-8-15)25-21(23-16)24-17-5-3-6-19(11-17)27(28)29/h3,5-6,11-12,15,18,22H,2,4,7-10,13-14H2,1H3,(H,23,24,25). The first kappa shape index (κ1) is 19.6. The van der Waals surface area contributed by atoms with Crippen LogP contribution >= 0.6 is 0 Å². The number of aromatic nitrogens is 2. The zero-order valence-corrected chi connectivity index (χ0v) is 16.8. The maximum atomic E-state index is 11.0. The number of aryl methyl sites for hydroxylation is 1. The highest BCUT2D eigenvalue weighted by molar-refractivity contribution is 5.59. The molecule has 2 N–H and O–H groups in total. The maximum absolute atomic E-state index is 11.0. The van der Waals surface area contributed by atoms with Crippen molar-refractivity contribution in [1.82, 2.24) is 15.3 Å². The van der Waals surface area contributed by atoms with Crippen molar-refractivity contribution in [2.75, 3.05) is 29.9 Å². The van der Waals surface area contributed by atoms with Crippen molar-refractivity contribution in [3.63, 3.8) is 0 Å². The molecule has 2 fully saturated rings. The number of nitro groups is 1. The van der Waals surface area contributed by atoms with Gasteiger partial charge in [-0.05, 0) is 44.2 Å². The summed E-state index contributed by atoms with van der Waals surface area (Å²) in [6, 6.07) is 9.01. The highest BCUT2D eigenvalue weighted by Crippen LogP contribution is 2.29. The first-order valence-electron chi connectivity index (χ1n) is 10.5. The van der Waals surface area contributed by atoms with Gasteiger partial charge in [0.1, 0.15) is 5.82 Å². The van der Waals surface area contributed by atoms with Gasteiger partial charge in [0.2, 0.25) is 5.95 Å². The molecule has 1 aliphatic heterocycles. The highest BCUT2D eigenvalue weighted by Gasteiger charge is 2.27. The molecule has 4 rings (SSSR count). The molecule has 1 aromatic heterocycles. The second-order valence-electron chi connectivity index (χ2n) is 8.01. The molecule has 1 saturated carbocycles. The molecule has 29 heavy (non-hydrogen) atoms. The Kier molecular flexibility index (Phi) is 5.89.